The fourth-order valence-corrected chi connectivity index (χ4v) is 4.46. The van der Waals surface area contributed by atoms with Gasteiger partial charge in [-0.25, -0.2) is 0 Å². The summed E-state index contributed by atoms with van der Waals surface area (Å²) < 4.78 is 12.6. The Labute approximate surface area is 198 Å². The summed E-state index contributed by atoms with van der Waals surface area (Å²) in [5.41, 5.74) is 5.32. The molecule has 2 aromatic heterocycles. The molecule has 32 heavy (non-hydrogen) atoms. The second-order valence-electron chi connectivity index (χ2n) is 7.43. The van der Waals surface area contributed by atoms with Crippen LogP contribution in [0.1, 0.15) is 29.2 Å². The quantitative estimate of drug-likeness (QED) is 0.526. The molecule has 0 bridgehead atoms. The molecule has 1 aliphatic carbocycles. The predicted octanol–water partition coefficient (Wildman–Crippen LogP) is 3.99. The third-order valence-electron chi connectivity index (χ3n) is 5.69. The van der Waals surface area contributed by atoms with Crippen LogP contribution in [0, 0.1) is 0 Å². The number of ether oxygens (including phenoxy) is 2. The average Bonchev–Trinajstić information content (AvgIpc) is 3.35. The van der Waals surface area contributed by atoms with Crippen molar-refractivity contribution in [1.29, 1.82) is 0 Å². The van der Waals surface area contributed by atoms with Crippen LogP contribution in [0.2, 0.25) is 5.02 Å². The normalized spacial score (nSPS) is 14.8. The number of H-pyrrole nitrogens is 1. The molecule has 0 spiro atoms. The zero-order chi connectivity index (χ0) is 22.1. The molecular weight excluding hydrogens is 450 g/mol. The van der Waals surface area contributed by atoms with Gasteiger partial charge in [0.05, 0.1) is 31.1 Å². The number of benzene rings is 1. The van der Waals surface area contributed by atoms with E-state index in [0.29, 0.717) is 22.2 Å². The minimum atomic E-state index is -0.291. The topological polar surface area (TPSA) is 94.1 Å². The first-order chi connectivity index (χ1) is 15.0. The van der Waals surface area contributed by atoms with Gasteiger partial charge >= 0.3 is 0 Å². The van der Waals surface area contributed by atoms with Crippen LogP contribution < -0.4 is 14.8 Å². The van der Waals surface area contributed by atoms with E-state index in [1.54, 1.807) is 31.2 Å². The van der Waals surface area contributed by atoms with Crippen LogP contribution in [0.3, 0.4) is 0 Å². The van der Waals surface area contributed by atoms with Gasteiger partial charge in [-0.05, 0) is 42.9 Å². The summed E-state index contributed by atoms with van der Waals surface area (Å²) >= 11 is 6.62. The van der Waals surface area contributed by atoms with Crippen LogP contribution in [0.25, 0.3) is 11.4 Å². The van der Waals surface area contributed by atoms with Crippen LogP contribution in [0.5, 0.6) is 11.5 Å². The van der Waals surface area contributed by atoms with Crippen LogP contribution in [0.15, 0.2) is 31.0 Å². The number of methoxy groups -OCH3 is 2. The van der Waals surface area contributed by atoms with Crippen LogP contribution in [-0.2, 0) is 24.7 Å². The van der Waals surface area contributed by atoms with Gasteiger partial charge in [0.15, 0.2) is 0 Å². The van der Waals surface area contributed by atoms with Crippen LogP contribution in [-0.4, -0.2) is 40.1 Å². The van der Waals surface area contributed by atoms with Crippen LogP contribution >= 0.6 is 25.1 Å². The van der Waals surface area contributed by atoms with Crippen molar-refractivity contribution in [3.05, 3.63) is 52.8 Å². The molecule has 8 nitrogen and oxygen atoms in total. The second kappa shape index (κ2) is 9.70. The maximum Gasteiger partial charge on any atom is 0.247 e. The van der Waals surface area contributed by atoms with Crippen molar-refractivity contribution in [1.82, 2.24) is 20.0 Å². The van der Waals surface area contributed by atoms with E-state index >= 15 is 0 Å². The van der Waals surface area contributed by atoms with E-state index in [4.69, 9.17) is 21.1 Å². The lowest BCUT2D eigenvalue weighted by molar-refractivity contribution is -0.111. The Morgan fingerprint density at radius 3 is 2.84 bits per heavy atom. The van der Waals surface area contributed by atoms with Crippen molar-refractivity contribution in [2.45, 2.75) is 25.2 Å². The standard InChI is InChI=1S/C22H24ClN5O3.H2S/c1-5-19(29)25-17-11-24-28(2)22(17)21-14-7-6-12(8-16(14)26-27-21)15-9-13(30-3)10-18(31-4)20(15)23;/h5,9-12H,1,6-8H2,2-4H3,(H,25,29)(H,26,27);1H2/t12-;/m0./s1. The minimum absolute atomic E-state index is 0. The summed E-state index contributed by atoms with van der Waals surface area (Å²) in [6, 6.07) is 3.76. The highest BCUT2D eigenvalue weighted by Crippen LogP contribution is 2.43. The number of hydrogen-bond donors (Lipinski definition) is 2. The summed E-state index contributed by atoms with van der Waals surface area (Å²) in [4.78, 5) is 11.8. The molecule has 1 amide bonds. The Balaban J connectivity index is 0.00000289. The fraction of sp³-hybridized carbons (Fsp3) is 0.318. The van der Waals surface area contributed by atoms with Gasteiger partial charge < -0.3 is 14.8 Å². The first kappa shape index (κ1) is 23.7. The maximum atomic E-state index is 11.8. The van der Waals surface area contributed by atoms with Gasteiger partial charge in [0, 0.05) is 24.4 Å². The summed E-state index contributed by atoms with van der Waals surface area (Å²) in [7, 11) is 5.05. The van der Waals surface area contributed by atoms with Crippen molar-refractivity contribution in [2.75, 3.05) is 19.5 Å². The summed E-state index contributed by atoms with van der Waals surface area (Å²) in [5, 5.41) is 15.5. The number of aryl methyl sites for hydroxylation is 1. The number of halogens is 1. The smallest absolute Gasteiger partial charge is 0.247 e. The molecule has 3 aromatic rings. The molecule has 0 saturated heterocycles. The molecule has 2 heterocycles. The first-order valence-corrected chi connectivity index (χ1v) is 10.3. The number of carbonyl (C=O) groups excluding carboxylic acids is 1. The number of rotatable bonds is 6. The molecule has 1 atom stereocenters. The van der Waals surface area contributed by atoms with Gasteiger partial charge in [0.25, 0.3) is 0 Å². The highest BCUT2D eigenvalue weighted by Gasteiger charge is 2.29. The van der Waals surface area contributed by atoms with Crippen molar-refractivity contribution in [3.63, 3.8) is 0 Å². The molecule has 170 valence electrons. The van der Waals surface area contributed by atoms with E-state index in [1.165, 1.54) is 6.08 Å². The Morgan fingerprint density at radius 2 is 2.16 bits per heavy atom. The molecule has 0 radical (unpaired) electrons. The highest BCUT2D eigenvalue weighted by molar-refractivity contribution is 7.59. The molecule has 0 fully saturated rings. The van der Waals surface area contributed by atoms with Gasteiger partial charge in [-0.15, -0.1) is 0 Å². The molecule has 0 unspecified atom stereocenters. The minimum Gasteiger partial charge on any atom is -0.497 e. The number of aromatic amines is 1. The Kier molecular flexibility index (Phi) is 7.20. The first-order valence-electron chi connectivity index (χ1n) is 9.90. The number of carbonyl (C=O) groups is 1. The predicted molar refractivity (Wildman–Crippen MR) is 129 cm³/mol. The van der Waals surface area contributed by atoms with Crippen molar-refractivity contribution >= 4 is 36.7 Å². The number of aromatic nitrogens is 4. The number of nitrogens with zero attached hydrogens (tertiary/aromatic N) is 3. The van der Waals surface area contributed by atoms with E-state index < -0.39 is 0 Å². The zero-order valence-electron chi connectivity index (χ0n) is 18.2. The monoisotopic (exact) mass is 475 g/mol. The van der Waals surface area contributed by atoms with Crippen molar-refractivity contribution in [3.8, 4) is 22.9 Å². The summed E-state index contributed by atoms with van der Waals surface area (Å²) in [5.74, 6) is 1.22. The number of amides is 1. The van der Waals surface area contributed by atoms with E-state index in [2.05, 4.69) is 27.2 Å². The molecule has 0 aliphatic heterocycles. The van der Waals surface area contributed by atoms with Crippen molar-refractivity contribution in [2.24, 2.45) is 7.05 Å². The SMILES string of the molecule is C=CC(=O)Nc1cnn(C)c1-c1n[nH]c2c1CC[C@H](c1cc(OC)cc(OC)c1Cl)C2.S. The lowest BCUT2D eigenvalue weighted by atomic mass is 9.82. The number of nitrogens with one attached hydrogen (secondary N) is 2. The fourth-order valence-electron chi connectivity index (χ4n) is 4.12. The second-order valence-corrected chi connectivity index (χ2v) is 7.80. The lowest BCUT2D eigenvalue weighted by Crippen LogP contribution is -2.14. The summed E-state index contributed by atoms with van der Waals surface area (Å²) in [6.45, 7) is 3.51. The summed E-state index contributed by atoms with van der Waals surface area (Å²) in [6.07, 6.45) is 5.30. The third-order valence-corrected chi connectivity index (χ3v) is 6.09. The third kappa shape index (κ3) is 4.22. The molecule has 10 heteroatoms. The van der Waals surface area contributed by atoms with Crippen LogP contribution in [0.4, 0.5) is 5.69 Å². The van der Waals surface area contributed by atoms with E-state index in [-0.39, 0.29) is 25.3 Å². The number of hydrogen-bond acceptors (Lipinski definition) is 5. The van der Waals surface area contributed by atoms with E-state index in [1.807, 2.05) is 13.1 Å². The Hall–Kier alpha value is -2.91. The highest BCUT2D eigenvalue weighted by atomic mass is 35.5. The van der Waals surface area contributed by atoms with E-state index in [0.717, 1.165) is 47.5 Å². The average molecular weight is 476 g/mol. The Morgan fingerprint density at radius 1 is 1.38 bits per heavy atom. The molecule has 2 N–H and O–H groups in total. The largest absolute Gasteiger partial charge is 0.497 e. The van der Waals surface area contributed by atoms with Gasteiger partial charge in [0.2, 0.25) is 5.91 Å². The van der Waals surface area contributed by atoms with Gasteiger partial charge in [-0.1, -0.05) is 18.2 Å². The molecule has 1 aliphatic rings. The van der Waals surface area contributed by atoms with Gasteiger partial charge in [-0.2, -0.15) is 23.7 Å². The maximum absolute atomic E-state index is 11.8. The number of fused-ring (bicyclic) bond motifs is 1. The van der Waals surface area contributed by atoms with Crippen molar-refractivity contribution < 1.29 is 14.3 Å². The lowest BCUT2D eigenvalue weighted by Gasteiger charge is -2.25. The van der Waals surface area contributed by atoms with E-state index in [9.17, 15) is 4.79 Å². The molecule has 4 rings (SSSR count). The molecular formula is C22H26ClN5O3S. The van der Waals surface area contributed by atoms with Gasteiger partial charge in [-0.3, -0.25) is 14.6 Å². The zero-order valence-corrected chi connectivity index (χ0v) is 19.9. The van der Waals surface area contributed by atoms with Gasteiger partial charge in [0.1, 0.15) is 22.9 Å². The Bertz CT molecular complexity index is 1160. The number of anilines is 1. The molecule has 1 aromatic carbocycles. The molecule has 0 saturated carbocycles.